The van der Waals surface area contributed by atoms with Gasteiger partial charge in [0.1, 0.15) is 0 Å². The second-order valence-electron chi connectivity index (χ2n) is 5.47. The number of hydrogen-bond acceptors (Lipinski definition) is 3. The average molecular weight is 223 g/mol. The first-order valence-corrected chi connectivity index (χ1v) is 6.80. The molecule has 1 fully saturated rings. The summed E-state index contributed by atoms with van der Waals surface area (Å²) in [6, 6.07) is 0.510. The van der Waals surface area contributed by atoms with Crippen LogP contribution in [0.5, 0.6) is 0 Å². The van der Waals surface area contributed by atoms with E-state index in [1.54, 1.807) is 0 Å². The monoisotopic (exact) mass is 223 g/mol. The van der Waals surface area contributed by atoms with E-state index in [9.17, 15) is 0 Å². The van der Waals surface area contributed by atoms with Gasteiger partial charge in [-0.3, -0.25) is 4.99 Å². The van der Waals surface area contributed by atoms with Crippen molar-refractivity contribution in [2.45, 2.75) is 52.0 Å². The molecule has 1 heterocycles. The summed E-state index contributed by atoms with van der Waals surface area (Å²) in [5.41, 5.74) is 0. The molecule has 0 bridgehead atoms. The molecule has 92 valence electrons. The van der Waals surface area contributed by atoms with Gasteiger partial charge in [0.25, 0.3) is 0 Å². The summed E-state index contributed by atoms with van der Waals surface area (Å²) in [7, 11) is 0. The molecule has 2 aliphatic rings. The molecule has 3 unspecified atom stereocenters. The minimum absolute atomic E-state index is 0.510. The van der Waals surface area contributed by atoms with Gasteiger partial charge in [-0.25, -0.2) is 0 Å². The summed E-state index contributed by atoms with van der Waals surface area (Å²) in [5, 5.41) is 6.76. The standard InChI is InChI=1S/C13H25N3/c1-10-5-3-4-6-12(10)7-8-14-13-15-9-11(2)16-13/h10-12H,3-9H2,1-2H3,(H2,14,15,16). The molecule has 0 aromatic carbocycles. The Kier molecular flexibility index (Phi) is 4.08. The van der Waals surface area contributed by atoms with E-state index in [-0.39, 0.29) is 0 Å². The predicted octanol–water partition coefficient (Wildman–Crippen LogP) is 2.14. The van der Waals surface area contributed by atoms with Crippen molar-refractivity contribution in [1.29, 1.82) is 0 Å². The minimum atomic E-state index is 0.510. The van der Waals surface area contributed by atoms with Crippen molar-refractivity contribution >= 4 is 5.96 Å². The fraction of sp³-hybridized carbons (Fsp3) is 0.923. The molecular formula is C13H25N3. The lowest BCUT2D eigenvalue weighted by atomic mass is 9.79. The Hall–Kier alpha value is -0.730. The van der Waals surface area contributed by atoms with Crippen LogP contribution in [0.1, 0.15) is 46.0 Å². The molecule has 2 rings (SSSR count). The third-order valence-corrected chi connectivity index (χ3v) is 4.00. The van der Waals surface area contributed by atoms with E-state index in [0.717, 1.165) is 30.9 Å². The molecule has 1 aliphatic carbocycles. The highest BCUT2D eigenvalue weighted by atomic mass is 15.2. The molecule has 2 N–H and O–H groups in total. The zero-order valence-electron chi connectivity index (χ0n) is 10.6. The molecule has 0 aromatic heterocycles. The third kappa shape index (κ3) is 3.13. The maximum atomic E-state index is 4.41. The topological polar surface area (TPSA) is 36.4 Å². The molecule has 16 heavy (non-hydrogen) atoms. The summed E-state index contributed by atoms with van der Waals surface area (Å²) in [4.78, 5) is 4.41. The van der Waals surface area contributed by atoms with Gasteiger partial charge in [0, 0.05) is 12.6 Å². The molecule has 3 heteroatoms. The lowest BCUT2D eigenvalue weighted by Crippen LogP contribution is -2.38. The zero-order valence-corrected chi connectivity index (χ0v) is 10.6. The van der Waals surface area contributed by atoms with Crippen molar-refractivity contribution in [1.82, 2.24) is 10.6 Å². The molecule has 0 aromatic rings. The van der Waals surface area contributed by atoms with E-state index in [1.807, 2.05) is 0 Å². The van der Waals surface area contributed by atoms with Gasteiger partial charge in [-0.1, -0.05) is 32.6 Å². The SMILES string of the molecule is CC1CN=C(NCCC2CCCCC2C)N1. The maximum absolute atomic E-state index is 4.41. The van der Waals surface area contributed by atoms with Crippen LogP contribution in [0, 0.1) is 11.8 Å². The van der Waals surface area contributed by atoms with Crippen LogP contribution in [0.4, 0.5) is 0 Å². The lowest BCUT2D eigenvalue weighted by molar-refractivity contribution is 0.243. The van der Waals surface area contributed by atoms with E-state index >= 15 is 0 Å². The Labute approximate surface area is 99.1 Å². The highest BCUT2D eigenvalue weighted by Gasteiger charge is 2.21. The van der Waals surface area contributed by atoms with Crippen molar-refractivity contribution in [3.8, 4) is 0 Å². The molecule has 1 saturated carbocycles. The van der Waals surface area contributed by atoms with Gasteiger partial charge in [-0.2, -0.15) is 0 Å². The molecule has 0 saturated heterocycles. The van der Waals surface area contributed by atoms with E-state index in [0.29, 0.717) is 6.04 Å². The third-order valence-electron chi connectivity index (χ3n) is 4.00. The van der Waals surface area contributed by atoms with Crippen LogP contribution < -0.4 is 10.6 Å². The van der Waals surface area contributed by atoms with Crippen molar-refractivity contribution in [2.75, 3.05) is 13.1 Å². The first-order chi connectivity index (χ1) is 7.75. The Balaban J connectivity index is 1.64. The maximum Gasteiger partial charge on any atom is 0.191 e. The summed E-state index contributed by atoms with van der Waals surface area (Å²) in [6.45, 7) is 6.58. The van der Waals surface area contributed by atoms with Crippen LogP contribution in [0.2, 0.25) is 0 Å². The van der Waals surface area contributed by atoms with Crippen LogP contribution in [-0.2, 0) is 0 Å². The van der Waals surface area contributed by atoms with Crippen molar-refractivity contribution < 1.29 is 0 Å². The van der Waals surface area contributed by atoms with E-state index in [2.05, 4.69) is 29.5 Å². The molecule has 1 aliphatic heterocycles. The predicted molar refractivity (Wildman–Crippen MR) is 68.6 cm³/mol. The van der Waals surface area contributed by atoms with Crippen molar-refractivity contribution in [2.24, 2.45) is 16.8 Å². The van der Waals surface area contributed by atoms with Crippen LogP contribution >= 0.6 is 0 Å². The zero-order chi connectivity index (χ0) is 11.4. The fourth-order valence-electron chi connectivity index (χ4n) is 2.86. The fourth-order valence-corrected chi connectivity index (χ4v) is 2.86. The Morgan fingerprint density at radius 3 is 2.81 bits per heavy atom. The summed E-state index contributed by atoms with van der Waals surface area (Å²) in [5.74, 6) is 2.87. The number of guanidine groups is 1. The van der Waals surface area contributed by atoms with Gasteiger partial charge in [-0.15, -0.1) is 0 Å². The number of aliphatic imine (C=N–C) groups is 1. The summed E-state index contributed by atoms with van der Waals surface area (Å²) >= 11 is 0. The van der Waals surface area contributed by atoms with Crippen LogP contribution in [-0.4, -0.2) is 25.1 Å². The smallest absolute Gasteiger partial charge is 0.191 e. The normalized spacial score (nSPS) is 34.4. The largest absolute Gasteiger partial charge is 0.356 e. The lowest BCUT2D eigenvalue weighted by Gasteiger charge is -2.28. The van der Waals surface area contributed by atoms with Gasteiger partial charge in [0.05, 0.1) is 6.54 Å². The summed E-state index contributed by atoms with van der Waals surface area (Å²) < 4.78 is 0. The molecule has 0 amide bonds. The molecule has 3 atom stereocenters. The number of hydrogen-bond donors (Lipinski definition) is 2. The quantitative estimate of drug-likeness (QED) is 0.769. The highest BCUT2D eigenvalue weighted by Crippen LogP contribution is 2.31. The first-order valence-electron chi connectivity index (χ1n) is 6.80. The second-order valence-corrected chi connectivity index (χ2v) is 5.47. The number of nitrogens with one attached hydrogen (secondary N) is 2. The van der Waals surface area contributed by atoms with Crippen LogP contribution in [0.3, 0.4) is 0 Å². The van der Waals surface area contributed by atoms with Crippen LogP contribution in [0.25, 0.3) is 0 Å². The highest BCUT2D eigenvalue weighted by molar-refractivity contribution is 5.81. The Bertz CT molecular complexity index is 250. The van der Waals surface area contributed by atoms with Crippen molar-refractivity contribution in [3.05, 3.63) is 0 Å². The average Bonchev–Trinajstić information content (AvgIpc) is 2.67. The number of nitrogens with zero attached hydrogens (tertiary/aromatic N) is 1. The Morgan fingerprint density at radius 1 is 1.31 bits per heavy atom. The number of rotatable bonds is 3. The molecular weight excluding hydrogens is 198 g/mol. The first kappa shape index (κ1) is 11.7. The van der Waals surface area contributed by atoms with Crippen LogP contribution in [0.15, 0.2) is 4.99 Å². The van der Waals surface area contributed by atoms with Gasteiger partial charge in [0.15, 0.2) is 5.96 Å². The minimum Gasteiger partial charge on any atom is -0.356 e. The van der Waals surface area contributed by atoms with Gasteiger partial charge in [-0.05, 0) is 25.2 Å². The Morgan fingerprint density at radius 2 is 2.12 bits per heavy atom. The van der Waals surface area contributed by atoms with E-state index < -0.39 is 0 Å². The van der Waals surface area contributed by atoms with Gasteiger partial charge < -0.3 is 10.6 Å². The van der Waals surface area contributed by atoms with E-state index in [4.69, 9.17) is 0 Å². The molecule has 3 nitrogen and oxygen atoms in total. The van der Waals surface area contributed by atoms with E-state index in [1.165, 1.54) is 32.1 Å². The molecule has 0 spiro atoms. The van der Waals surface area contributed by atoms with Crippen molar-refractivity contribution in [3.63, 3.8) is 0 Å². The van der Waals surface area contributed by atoms with Gasteiger partial charge in [0.2, 0.25) is 0 Å². The molecule has 0 radical (unpaired) electrons. The second kappa shape index (κ2) is 5.55. The summed E-state index contributed by atoms with van der Waals surface area (Å²) in [6.07, 6.45) is 7.04. The van der Waals surface area contributed by atoms with Gasteiger partial charge >= 0.3 is 0 Å².